The lowest BCUT2D eigenvalue weighted by molar-refractivity contribution is 0.148. The SMILES string of the molecule is CC1CCC(C2CCC(CCc3ccc(-c4cc(F)c(F)c(F)c4)cc3)CC2)CC1.CC1CCC(C2CCC(CCc3ccc(-c4ccc(F)c(F)c4)cc3)CC2)CC1.CC1CCC(C2CCC(CCc3ccc(-c4ccc(F)cc4)cc3)CC2)CC1.CC1CCC(C2CCC(c3ccc(-c4cc(F)c(F)c(F)c4)cc3)CC2)CC1.CC1CCC(C2CCC(c3ccc(-c4ccc(F)c(F)c4)cc3)CC2)CC1. The van der Waals surface area contributed by atoms with Gasteiger partial charge in [-0.05, 0) is 455 Å². The smallest absolute Gasteiger partial charge is 0.194 e. The fourth-order valence-corrected chi connectivity index (χ4v) is 27.5. The van der Waals surface area contributed by atoms with Crippen LogP contribution in [0.25, 0.3) is 55.6 Å². The summed E-state index contributed by atoms with van der Waals surface area (Å²) < 4.78 is 147. The Kier molecular flexibility index (Phi) is 39.0. The first-order valence-electron chi connectivity index (χ1n) is 56.3. The monoisotopic (exact) mass is 1940 g/mol. The van der Waals surface area contributed by atoms with Gasteiger partial charge in [0.15, 0.2) is 58.2 Å². The first-order valence-corrected chi connectivity index (χ1v) is 56.3. The molecule has 0 radical (unpaired) electrons. The quantitative estimate of drug-likeness (QED) is 0.0497. The highest BCUT2D eigenvalue weighted by atomic mass is 19.2. The highest BCUT2D eigenvalue weighted by Gasteiger charge is 2.37. The molecule has 0 spiro atoms. The predicted molar refractivity (Wildman–Crippen MR) is 565 cm³/mol. The molecule has 0 aromatic heterocycles. The molecule has 10 aromatic carbocycles. The number of hydrogen-bond acceptors (Lipinski definition) is 0. The highest BCUT2D eigenvalue weighted by molar-refractivity contribution is 5.68. The summed E-state index contributed by atoms with van der Waals surface area (Å²) in [5.74, 6) is 7.59. The minimum atomic E-state index is -1.41. The number of hydrogen-bond donors (Lipinski definition) is 0. The van der Waals surface area contributed by atoms with Gasteiger partial charge in [0.2, 0.25) is 0 Å². The summed E-state index contributed by atoms with van der Waals surface area (Å²) >= 11 is 0. The second-order valence-electron chi connectivity index (χ2n) is 46.9. The van der Waals surface area contributed by atoms with E-state index < -0.39 is 58.2 Å². The van der Waals surface area contributed by atoms with Crippen molar-refractivity contribution in [3.05, 3.63) is 298 Å². The van der Waals surface area contributed by atoms with E-state index in [0.29, 0.717) is 34.1 Å². The molecule has 10 aromatic rings. The molecule has 0 unspecified atom stereocenters. The lowest BCUT2D eigenvalue weighted by atomic mass is 9.68. The number of benzene rings is 10. The third-order valence-corrected chi connectivity index (χ3v) is 37.3. The van der Waals surface area contributed by atoms with Gasteiger partial charge < -0.3 is 0 Å². The van der Waals surface area contributed by atoms with Crippen LogP contribution in [-0.2, 0) is 19.3 Å². The molecule has 0 bridgehead atoms. The van der Waals surface area contributed by atoms with Crippen LogP contribution in [0.1, 0.15) is 350 Å². The molecule has 142 heavy (non-hydrogen) atoms. The van der Waals surface area contributed by atoms with Crippen LogP contribution in [0.3, 0.4) is 0 Å². The summed E-state index contributed by atoms with van der Waals surface area (Å²) in [5, 5.41) is 0. The van der Waals surface area contributed by atoms with Crippen molar-refractivity contribution in [2.24, 2.45) is 107 Å². The molecular formula is C131H161F11. The van der Waals surface area contributed by atoms with Crippen molar-refractivity contribution in [3.8, 4) is 55.6 Å². The molecular weight excluding hydrogens is 1780 g/mol. The van der Waals surface area contributed by atoms with Crippen LogP contribution in [0.5, 0.6) is 0 Å². The van der Waals surface area contributed by atoms with Crippen LogP contribution >= 0.6 is 0 Å². The minimum Gasteiger partial charge on any atom is -0.207 e. The van der Waals surface area contributed by atoms with Crippen molar-refractivity contribution in [2.45, 2.75) is 342 Å². The van der Waals surface area contributed by atoms with E-state index in [9.17, 15) is 48.3 Å². The molecule has 10 aliphatic rings. The second-order valence-corrected chi connectivity index (χ2v) is 46.9. The van der Waals surface area contributed by atoms with Crippen LogP contribution in [0.4, 0.5) is 48.3 Å². The maximum absolute atomic E-state index is 13.5. The van der Waals surface area contributed by atoms with Crippen molar-refractivity contribution in [1.82, 2.24) is 0 Å². The summed E-state index contributed by atoms with van der Waals surface area (Å²) in [6, 6.07) is 60.7. The van der Waals surface area contributed by atoms with Gasteiger partial charge in [0, 0.05) is 0 Å². The van der Waals surface area contributed by atoms with E-state index >= 15 is 0 Å². The molecule has 0 atom stereocenters. The normalized spacial score (nSPS) is 28.0. The molecule has 0 heterocycles. The summed E-state index contributed by atoms with van der Waals surface area (Å²) in [5.41, 5.74) is 14.5. The first-order chi connectivity index (χ1) is 68.8. The zero-order valence-electron chi connectivity index (χ0n) is 85.9. The Labute approximate surface area is 845 Å². The molecule has 762 valence electrons. The highest BCUT2D eigenvalue weighted by Crippen LogP contribution is 2.50. The van der Waals surface area contributed by atoms with E-state index in [2.05, 4.69) is 107 Å². The van der Waals surface area contributed by atoms with Crippen molar-refractivity contribution < 1.29 is 48.3 Å². The van der Waals surface area contributed by atoms with Gasteiger partial charge in [0.25, 0.3) is 0 Å². The fourth-order valence-electron chi connectivity index (χ4n) is 27.5. The van der Waals surface area contributed by atoms with Crippen LogP contribution in [0.15, 0.2) is 206 Å². The Morgan fingerprint density at radius 3 is 0.585 bits per heavy atom. The Morgan fingerprint density at radius 1 is 0.169 bits per heavy atom. The van der Waals surface area contributed by atoms with Gasteiger partial charge >= 0.3 is 0 Å². The third-order valence-electron chi connectivity index (χ3n) is 37.3. The standard InChI is InChI=1S/C27H33F3.C27H34F2.C27H35F.C25H29F3.C25H30F2/c1-18-2-10-21(11-3-18)22-12-6-19(7-13-22)4-5-20-8-14-23(15-9-20)24-16-25(28)27(30)26(29)17-24;1-19-2-10-22(11-3-19)23-12-6-20(7-13-23)4-5-21-8-14-24(15-9-21)25-16-17-26(28)27(29)18-25;1-20-2-10-23(11-3-20)24-12-6-21(7-13-24)4-5-22-8-14-25(15-9-22)26-16-18-27(28)19-17-26;1-16-2-4-17(5-3-16)18-6-8-19(9-7-18)20-10-12-21(13-11-20)22-14-23(26)25(28)24(27)15-22;1-17-2-4-18(5-3-17)19-6-8-20(9-7-19)21-10-12-22(13-11-21)23-14-15-24(26)25(27)16-23/h8-9,14-19,21-22H,2-7,10-13H2,1H3;8-9,14-20,22-23H,2-7,10-13H2,1H3;8-9,14-21,23-24H,2-7,10-13H2,1H3;10-19H,2-9H2,1H3;10-20H,2-9H2,1H3. The van der Waals surface area contributed by atoms with Gasteiger partial charge in [-0.2, -0.15) is 0 Å². The predicted octanol–water partition coefficient (Wildman–Crippen LogP) is 40.2. The number of rotatable bonds is 21. The maximum Gasteiger partial charge on any atom is 0.194 e. The van der Waals surface area contributed by atoms with Crippen molar-refractivity contribution >= 4 is 0 Å². The van der Waals surface area contributed by atoms with Crippen LogP contribution in [-0.4, -0.2) is 0 Å². The van der Waals surface area contributed by atoms with E-state index in [4.69, 9.17) is 0 Å². The Balaban J connectivity index is 0.000000128. The average Bonchev–Trinajstić information content (AvgIpc) is 0.814. The van der Waals surface area contributed by atoms with Crippen LogP contribution in [0.2, 0.25) is 0 Å². The van der Waals surface area contributed by atoms with Crippen LogP contribution < -0.4 is 0 Å². The van der Waals surface area contributed by atoms with Gasteiger partial charge in [-0.1, -0.05) is 283 Å². The fraction of sp³-hybridized carbons (Fsp3) is 0.542. The van der Waals surface area contributed by atoms with E-state index in [-0.39, 0.29) is 5.82 Å². The van der Waals surface area contributed by atoms with E-state index in [1.807, 2.05) is 60.7 Å². The van der Waals surface area contributed by atoms with Crippen molar-refractivity contribution in [2.75, 3.05) is 0 Å². The second kappa shape index (κ2) is 52.2. The molecule has 0 saturated heterocycles. The zero-order chi connectivity index (χ0) is 99.1. The number of halogens is 11. The van der Waals surface area contributed by atoms with Crippen molar-refractivity contribution in [1.29, 1.82) is 0 Å². The molecule has 11 heteroatoms. The van der Waals surface area contributed by atoms with Gasteiger partial charge in [-0.3, -0.25) is 0 Å². The summed E-state index contributed by atoms with van der Waals surface area (Å²) in [6.07, 6.45) is 63.6. The van der Waals surface area contributed by atoms with Gasteiger partial charge in [-0.15, -0.1) is 0 Å². The Morgan fingerprint density at radius 2 is 0.352 bits per heavy atom. The topological polar surface area (TPSA) is 0 Å². The Hall–Kier alpha value is -8.57. The molecule has 10 fully saturated rings. The Bertz CT molecular complexity index is 5400. The summed E-state index contributed by atoms with van der Waals surface area (Å²) in [7, 11) is 0. The lowest BCUT2D eigenvalue weighted by Crippen LogP contribution is -2.25. The summed E-state index contributed by atoms with van der Waals surface area (Å²) in [6.45, 7) is 12.0. The molecule has 0 N–H and O–H groups in total. The zero-order valence-corrected chi connectivity index (χ0v) is 85.9. The molecule has 0 nitrogen and oxygen atoms in total. The van der Waals surface area contributed by atoms with Gasteiger partial charge in [0.1, 0.15) is 5.82 Å². The molecule has 10 saturated carbocycles. The van der Waals surface area contributed by atoms with Gasteiger partial charge in [0.05, 0.1) is 0 Å². The maximum atomic E-state index is 13.5. The summed E-state index contributed by atoms with van der Waals surface area (Å²) in [4.78, 5) is 0. The van der Waals surface area contributed by atoms with Crippen LogP contribution in [0, 0.1) is 171 Å². The average molecular weight is 1940 g/mol. The molecule has 10 aliphatic carbocycles. The van der Waals surface area contributed by atoms with Gasteiger partial charge in [-0.25, -0.2) is 48.3 Å². The third kappa shape index (κ3) is 30.1. The lowest BCUT2D eigenvalue weighted by Gasteiger charge is -2.37. The van der Waals surface area contributed by atoms with Crippen molar-refractivity contribution in [3.63, 3.8) is 0 Å². The first kappa shape index (κ1) is 106. The number of aryl methyl sites for hydroxylation is 3. The van der Waals surface area contributed by atoms with E-state index in [0.717, 1.165) is 171 Å². The van der Waals surface area contributed by atoms with E-state index in [1.54, 1.807) is 12.1 Å². The van der Waals surface area contributed by atoms with E-state index in [1.165, 1.54) is 352 Å². The minimum absolute atomic E-state index is 0.173. The molecule has 0 aliphatic heterocycles. The molecule has 20 rings (SSSR count). The molecule has 0 amide bonds. The largest absolute Gasteiger partial charge is 0.207 e.